The average molecular weight is 215 g/mol. The quantitative estimate of drug-likeness (QED) is 0.734. The van der Waals surface area contributed by atoms with E-state index in [4.69, 9.17) is 4.74 Å². The summed E-state index contributed by atoms with van der Waals surface area (Å²) in [6.07, 6.45) is 2.55. The van der Waals surface area contributed by atoms with E-state index < -0.39 is 0 Å². The van der Waals surface area contributed by atoms with Gasteiger partial charge in [0, 0.05) is 18.1 Å². The molecule has 1 aromatic heterocycles. The maximum Gasteiger partial charge on any atom is 0.152 e. The molecule has 2 aromatic rings. The Hall–Kier alpha value is -1.87. The number of carbonyl (C=O) groups excluding carboxylic acids is 1. The summed E-state index contributed by atoms with van der Waals surface area (Å²) < 4.78 is 7.07. The molecule has 0 unspecified atom stereocenters. The zero-order valence-electron chi connectivity index (χ0n) is 9.14. The van der Waals surface area contributed by atoms with E-state index in [9.17, 15) is 4.79 Å². The molecule has 1 heterocycles. The normalized spacial score (nSPS) is 10.6. The highest BCUT2D eigenvalue weighted by atomic mass is 16.5. The minimum absolute atomic E-state index is 0.412. The number of rotatable bonds is 4. The first kappa shape index (κ1) is 10.6. The van der Waals surface area contributed by atoms with Crippen molar-refractivity contribution in [2.24, 2.45) is 0 Å². The molecule has 0 aliphatic rings. The summed E-state index contributed by atoms with van der Waals surface area (Å²) in [5.74, 6) is 0. The molecule has 3 nitrogen and oxygen atoms in total. The zero-order chi connectivity index (χ0) is 11.5. The van der Waals surface area contributed by atoms with Crippen molar-refractivity contribution in [2.45, 2.75) is 6.73 Å². The number of benzene rings is 1. The van der Waals surface area contributed by atoms with Gasteiger partial charge in [0.2, 0.25) is 0 Å². The molecule has 0 atom stereocenters. The molecule has 0 aliphatic carbocycles. The maximum atomic E-state index is 11.1. The lowest BCUT2D eigenvalue weighted by Gasteiger charge is -2.06. The van der Waals surface area contributed by atoms with Crippen LogP contribution in [0, 0.1) is 0 Å². The van der Waals surface area contributed by atoms with Crippen LogP contribution < -0.4 is 0 Å². The van der Waals surface area contributed by atoms with Crippen LogP contribution >= 0.6 is 0 Å². The number of carbonyl (C=O) groups is 1. The first-order valence-electron chi connectivity index (χ1n) is 5.01. The second kappa shape index (κ2) is 4.33. The molecule has 0 radical (unpaired) electrons. The van der Waals surface area contributed by atoms with Gasteiger partial charge in [0.05, 0.1) is 11.2 Å². The molecule has 0 bridgehead atoms. The Labute approximate surface area is 93.9 Å². The molecular weight excluding hydrogens is 202 g/mol. The molecular formula is C13H13NO2. The van der Waals surface area contributed by atoms with Gasteiger partial charge in [-0.25, -0.2) is 0 Å². The fourth-order valence-corrected chi connectivity index (χ4v) is 1.96. The number of nitrogens with zero attached hydrogens (tertiary/aromatic N) is 1. The Morgan fingerprint density at radius 1 is 1.44 bits per heavy atom. The second-order valence-corrected chi connectivity index (χ2v) is 3.48. The van der Waals surface area contributed by atoms with Crippen molar-refractivity contribution in [1.82, 2.24) is 4.57 Å². The van der Waals surface area contributed by atoms with E-state index in [2.05, 4.69) is 6.58 Å². The van der Waals surface area contributed by atoms with E-state index in [1.165, 1.54) is 0 Å². The van der Waals surface area contributed by atoms with Crippen LogP contribution in [0.1, 0.15) is 16.1 Å². The Kier molecular flexibility index (Phi) is 2.88. The van der Waals surface area contributed by atoms with Gasteiger partial charge in [0.15, 0.2) is 6.29 Å². The van der Waals surface area contributed by atoms with Crippen molar-refractivity contribution >= 4 is 23.3 Å². The van der Waals surface area contributed by atoms with Crippen LogP contribution in [0.4, 0.5) is 0 Å². The lowest BCUT2D eigenvalue weighted by molar-refractivity contribution is 0.112. The van der Waals surface area contributed by atoms with Crippen LogP contribution in [-0.2, 0) is 11.5 Å². The predicted octanol–water partition coefficient (Wildman–Crippen LogP) is 2.70. The van der Waals surface area contributed by atoms with E-state index in [0.717, 1.165) is 22.9 Å². The Bertz CT molecular complexity index is 540. The standard InChI is InChI=1S/C13H13NO2/c1-3-12-11(8-15)10-6-4-5-7-13(10)14(12)9-16-2/h3-8H,1,9H2,2H3. The summed E-state index contributed by atoms with van der Waals surface area (Å²) in [6, 6.07) is 7.75. The monoisotopic (exact) mass is 215 g/mol. The molecule has 0 amide bonds. The van der Waals surface area contributed by atoms with Crippen LogP contribution in [0.15, 0.2) is 30.8 Å². The van der Waals surface area contributed by atoms with Gasteiger partial charge < -0.3 is 9.30 Å². The van der Waals surface area contributed by atoms with Crippen molar-refractivity contribution in [3.63, 3.8) is 0 Å². The first-order valence-corrected chi connectivity index (χ1v) is 5.01. The molecule has 0 saturated heterocycles. The number of aromatic nitrogens is 1. The number of hydrogen-bond acceptors (Lipinski definition) is 2. The predicted molar refractivity (Wildman–Crippen MR) is 64.4 cm³/mol. The number of aldehydes is 1. The van der Waals surface area contributed by atoms with Crippen LogP contribution in [0.5, 0.6) is 0 Å². The minimum Gasteiger partial charge on any atom is -0.364 e. The fourth-order valence-electron chi connectivity index (χ4n) is 1.96. The average Bonchev–Trinajstić information content (AvgIpc) is 2.63. The molecule has 2 rings (SSSR count). The summed E-state index contributed by atoms with van der Waals surface area (Å²) in [5.41, 5.74) is 2.46. The Morgan fingerprint density at radius 2 is 2.19 bits per heavy atom. The first-order chi connectivity index (χ1) is 7.83. The molecule has 0 N–H and O–H groups in total. The van der Waals surface area contributed by atoms with E-state index >= 15 is 0 Å². The molecule has 0 saturated carbocycles. The summed E-state index contributed by atoms with van der Waals surface area (Å²) in [5, 5.41) is 0.935. The molecule has 82 valence electrons. The van der Waals surface area contributed by atoms with Crippen LogP contribution in [-0.4, -0.2) is 18.0 Å². The van der Waals surface area contributed by atoms with Crippen molar-refractivity contribution in [3.8, 4) is 0 Å². The Morgan fingerprint density at radius 3 is 2.81 bits per heavy atom. The Balaban J connectivity index is 2.83. The fraction of sp³-hybridized carbons (Fsp3) is 0.154. The van der Waals surface area contributed by atoms with Crippen LogP contribution in [0.25, 0.3) is 17.0 Å². The van der Waals surface area contributed by atoms with Gasteiger partial charge >= 0.3 is 0 Å². The minimum atomic E-state index is 0.412. The summed E-state index contributed by atoms with van der Waals surface area (Å²) in [7, 11) is 1.63. The third-order valence-electron chi connectivity index (χ3n) is 2.62. The SMILES string of the molecule is C=Cc1c(C=O)c2ccccc2n1COC. The number of para-hydroxylation sites is 1. The van der Waals surface area contributed by atoms with Gasteiger partial charge in [-0.2, -0.15) is 0 Å². The lowest BCUT2D eigenvalue weighted by Crippen LogP contribution is -2.02. The van der Waals surface area contributed by atoms with E-state index in [1.54, 1.807) is 13.2 Å². The van der Waals surface area contributed by atoms with E-state index in [1.807, 2.05) is 28.8 Å². The number of methoxy groups -OCH3 is 1. The number of ether oxygens (including phenoxy) is 1. The summed E-state index contributed by atoms with van der Waals surface area (Å²) in [4.78, 5) is 11.1. The number of fused-ring (bicyclic) bond motifs is 1. The molecule has 16 heavy (non-hydrogen) atoms. The number of hydrogen-bond donors (Lipinski definition) is 0. The highest BCUT2D eigenvalue weighted by molar-refractivity contribution is 6.01. The van der Waals surface area contributed by atoms with Crippen molar-refractivity contribution < 1.29 is 9.53 Å². The topological polar surface area (TPSA) is 31.2 Å². The van der Waals surface area contributed by atoms with Crippen molar-refractivity contribution in [1.29, 1.82) is 0 Å². The zero-order valence-corrected chi connectivity index (χ0v) is 9.14. The smallest absolute Gasteiger partial charge is 0.152 e. The molecule has 0 spiro atoms. The van der Waals surface area contributed by atoms with Gasteiger partial charge in [-0.3, -0.25) is 4.79 Å². The van der Waals surface area contributed by atoms with Crippen LogP contribution in [0.2, 0.25) is 0 Å². The maximum absolute atomic E-state index is 11.1. The lowest BCUT2D eigenvalue weighted by atomic mass is 10.1. The highest BCUT2D eigenvalue weighted by Crippen LogP contribution is 2.25. The molecule has 0 aliphatic heterocycles. The van der Waals surface area contributed by atoms with E-state index in [0.29, 0.717) is 12.3 Å². The van der Waals surface area contributed by atoms with Crippen LogP contribution in [0.3, 0.4) is 0 Å². The van der Waals surface area contributed by atoms with Gasteiger partial charge in [0.25, 0.3) is 0 Å². The van der Waals surface area contributed by atoms with Gasteiger partial charge in [0.1, 0.15) is 6.73 Å². The van der Waals surface area contributed by atoms with Gasteiger partial charge in [-0.05, 0) is 12.1 Å². The summed E-state index contributed by atoms with van der Waals surface area (Å²) >= 11 is 0. The molecule has 0 fully saturated rings. The third kappa shape index (κ3) is 1.46. The third-order valence-corrected chi connectivity index (χ3v) is 2.62. The van der Waals surface area contributed by atoms with Gasteiger partial charge in [-0.15, -0.1) is 0 Å². The highest BCUT2D eigenvalue weighted by Gasteiger charge is 2.13. The molecule has 3 heteroatoms. The second-order valence-electron chi connectivity index (χ2n) is 3.48. The van der Waals surface area contributed by atoms with Gasteiger partial charge in [-0.1, -0.05) is 24.8 Å². The van der Waals surface area contributed by atoms with Crippen molar-refractivity contribution in [3.05, 3.63) is 42.1 Å². The molecule has 1 aromatic carbocycles. The van der Waals surface area contributed by atoms with E-state index in [-0.39, 0.29) is 0 Å². The van der Waals surface area contributed by atoms with Crippen molar-refractivity contribution in [2.75, 3.05) is 7.11 Å². The largest absolute Gasteiger partial charge is 0.364 e. The summed E-state index contributed by atoms with van der Waals surface area (Å²) in [6.45, 7) is 4.15.